The van der Waals surface area contributed by atoms with Crippen LogP contribution in [0.15, 0.2) is 0 Å². The lowest BCUT2D eigenvalue weighted by atomic mass is 10.1. The van der Waals surface area contributed by atoms with Gasteiger partial charge in [-0.2, -0.15) is 0 Å². The quantitative estimate of drug-likeness (QED) is 0.748. The monoisotopic (exact) mass is 296 g/mol. The van der Waals surface area contributed by atoms with E-state index < -0.39 is 0 Å². The van der Waals surface area contributed by atoms with Crippen molar-refractivity contribution in [2.75, 3.05) is 6.54 Å². The molecule has 1 aliphatic rings. The van der Waals surface area contributed by atoms with Gasteiger partial charge in [-0.05, 0) is 40.0 Å². The van der Waals surface area contributed by atoms with E-state index >= 15 is 0 Å². The summed E-state index contributed by atoms with van der Waals surface area (Å²) in [7, 11) is 0. The molecule has 1 saturated carbocycles. The van der Waals surface area contributed by atoms with Gasteiger partial charge < -0.3 is 10.2 Å². The molecule has 122 valence electrons. The smallest absolute Gasteiger partial charge is 0.225 e. The van der Waals surface area contributed by atoms with E-state index in [1.165, 1.54) is 0 Å². The van der Waals surface area contributed by atoms with E-state index in [9.17, 15) is 9.59 Å². The lowest BCUT2D eigenvalue weighted by Crippen LogP contribution is -2.43. The SMILES string of the molecule is CCCCC(=O)N(CCCC)[C@@H]1C[C@H]1C(=O)NC(C)(C)C. The third-order valence-electron chi connectivity index (χ3n) is 3.81. The number of hydrogen-bond acceptors (Lipinski definition) is 2. The standard InChI is InChI=1S/C17H32N2O2/c1-6-8-10-15(20)19(11-9-7-2)14-12-13(14)16(21)18-17(3,4)5/h13-14H,6-12H2,1-5H3,(H,18,21)/t13-,14-/m1/s1. The van der Waals surface area contributed by atoms with Crippen molar-refractivity contribution in [3.8, 4) is 0 Å². The lowest BCUT2D eigenvalue weighted by Gasteiger charge is -2.24. The number of nitrogens with zero attached hydrogens (tertiary/aromatic N) is 1. The molecule has 0 radical (unpaired) electrons. The average Bonchev–Trinajstić information content (AvgIpc) is 3.15. The summed E-state index contributed by atoms with van der Waals surface area (Å²) in [5.74, 6) is 0.310. The normalized spacial score (nSPS) is 21.0. The highest BCUT2D eigenvalue weighted by molar-refractivity contribution is 5.85. The Balaban J connectivity index is 2.57. The maximum Gasteiger partial charge on any atom is 0.225 e. The molecule has 4 nitrogen and oxygen atoms in total. The van der Waals surface area contributed by atoms with Gasteiger partial charge in [0.25, 0.3) is 0 Å². The van der Waals surface area contributed by atoms with Crippen LogP contribution in [0.25, 0.3) is 0 Å². The fraction of sp³-hybridized carbons (Fsp3) is 0.882. The van der Waals surface area contributed by atoms with Crippen molar-refractivity contribution in [1.82, 2.24) is 10.2 Å². The summed E-state index contributed by atoms with van der Waals surface area (Å²) < 4.78 is 0. The summed E-state index contributed by atoms with van der Waals surface area (Å²) in [6.07, 6.45) is 5.50. The predicted molar refractivity (Wildman–Crippen MR) is 85.9 cm³/mol. The van der Waals surface area contributed by atoms with Crippen molar-refractivity contribution in [2.24, 2.45) is 5.92 Å². The molecule has 0 saturated heterocycles. The first-order valence-corrected chi connectivity index (χ1v) is 8.41. The van der Waals surface area contributed by atoms with Crippen LogP contribution < -0.4 is 5.32 Å². The van der Waals surface area contributed by atoms with Gasteiger partial charge in [0, 0.05) is 24.5 Å². The van der Waals surface area contributed by atoms with Crippen molar-refractivity contribution < 1.29 is 9.59 Å². The van der Waals surface area contributed by atoms with Gasteiger partial charge in [-0.25, -0.2) is 0 Å². The number of hydrogen-bond donors (Lipinski definition) is 1. The molecule has 0 aromatic rings. The van der Waals surface area contributed by atoms with Crippen LogP contribution in [0.2, 0.25) is 0 Å². The molecule has 4 heteroatoms. The molecule has 0 aliphatic heterocycles. The van der Waals surface area contributed by atoms with Crippen LogP contribution in [0.1, 0.15) is 73.1 Å². The molecule has 0 unspecified atom stereocenters. The second-order valence-electron chi connectivity index (χ2n) is 7.19. The van der Waals surface area contributed by atoms with Crippen LogP contribution in [0, 0.1) is 5.92 Å². The lowest BCUT2D eigenvalue weighted by molar-refractivity contribution is -0.132. The summed E-state index contributed by atoms with van der Waals surface area (Å²) in [4.78, 5) is 26.5. The molecule has 1 rings (SSSR count). The summed E-state index contributed by atoms with van der Waals surface area (Å²) >= 11 is 0. The number of amides is 2. The maximum absolute atomic E-state index is 12.3. The van der Waals surface area contributed by atoms with E-state index in [1.54, 1.807) is 0 Å². The largest absolute Gasteiger partial charge is 0.351 e. The van der Waals surface area contributed by atoms with Crippen molar-refractivity contribution in [3.63, 3.8) is 0 Å². The molecule has 1 aliphatic carbocycles. The fourth-order valence-electron chi connectivity index (χ4n) is 2.55. The van der Waals surface area contributed by atoms with Gasteiger partial charge in [0.05, 0.1) is 5.92 Å². The molecule has 0 bridgehead atoms. The van der Waals surface area contributed by atoms with Gasteiger partial charge in [-0.1, -0.05) is 26.7 Å². The zero-order valence-electron chi connectivity index (χ0n) is 14.4. The van der Waals surface area contributed by atoms with Crippen molar-refractivity contribution >= 4 is 11.8 Å². The summed E-state index contributed by atoms with van der Waals surface area (Å²) in [5, 5.41) is 3.03. The van der Waals surface area contributed by atoms with Crippen molar-refractivity contribution in [3.05, 3.63) is 0 Å². The number of rotatable bonds is 8. The van der Waals surface area contributed by atoms with Crippen molar-refractivity contribution in [2.45, 2.75) is 84.7 Å². The third kappa shape index (κ3) is 6.06. The van der Waals surface area contributed by atoms with E-state index in [2.05, 4.69) is 19.2 Å². The highest BCUT2D eigenvalue weighted by Crippen LogP contribution is 2.37. The average molecular weight is 296 g/mol. The number of nitrogens with one attached hydrogen (secondary N) is 1. The first-order chi connectivity index (χ1) is 9.80. The maximum atomic E-state index is 12.3. The van der Waals surface area contributed by atoms with Crippen LogP contribution >= 0.6 is 0 Å². The molecular formula is C17H32N2O2. The Bertz CT molecular complexity index is 360. The zero-order valence-corrected chi connectivity index (χ0v) is 14.4. The van der Waals surface area contributed by atoms with Gasteiger partial charge in [0.1, 0.15) is 0 Å². The highest BCUT2D eigenvalue weighted by Gasteiger charge is 2.48. The second-order valence-corrected chi connectivity index (χ2v) is 7.19. The van der Waals surface area contributed by atoms with E-state index in [0.29, 0.717) is 6.42 Å². The Morgan fingerprint density at radius 3 is 2.29 bits per heavy atom. The Morgan fingerprint density at radius 1 is 1.14 bits per heavy atom. The van der Waals surface area contributed by atoms with Gasteiger partial charge >= 0.3 is 0 Å². The van der Waals surface area contributed by atoms with Crippen LogP contribution in [-0.2, 0) is 9.59 Å². The number of carbonyl (C=O) groups is 2. The molecule has 0 aromatic carbocycles. The second kappa shape index (κ2) is 7.81. The van der Waals surface area contributed by atoms with Gasteiger partial charge in [0.15, 0.2) is 0 Å². The molecule has 2 atom stereocenters. The van der Waals surface area contributed by atoms with Crippen LogP contribution in [-0.4, -0.2) is 34.8 Å². The Kier molecular flexibility index (Phi) is 6.69. The summed E-state index contributed by atoms with van der Waals surface area (Å²) in [6.45, 7) is 11.0. The molecule has 0 spiro atoms. The third-order valence-corrected chi connectivity index (χ3v) is 3.81. The first kappa shape index (κ1) is 18.0. The van der Waals surface area contributed by atoms with E-state index in [-0.39, 0.29) is 29.3 Å². The topological polar surface area (TPSA) is 49.4 Å². The molecule has 1 fully saturated rings. The summed E-state index contributed by atoms with van der Waals surface area (Å²) in [5.41, 5.74) is -0.204. The first-order valence-electron chi connectivity index (χ1n) is 8.41. The van der Waals surface area contributed by atoms with Crippen LogP contribution in [0.3, 0.4) is 0 Å². The molecule has 2 amide bonds. The zero-order chi connectivity index (χ0) is 16.0. The van der Waals surface area contributed by atoms with E-state index in [4.69, 9.17) is 0 Å². The summed E-state index contributed by atoms with van der Waals surface area (Å²) in [6, 6.07) is 0.128. The predicted octanol–water partition coefficient (Wildman–Crippen LogP) is 3.11. The van der Waals surface area contributed by atoms with Gasteiger partial charge in [0.2, 0.25) is 11.8 Å². The van der Waals surface area contributed by atoms with Crippen molar-refractivity contribution in [1.29, 1.82) is 0 Å². The molecule has 21 heavy (non-hydrogen) atoms. The minimum absolute atomic E-state index is 0.00772. The molecule has 1 N–H and O–H groups in total. The van der Waals surface area contributed by atoms with Crippen LogP contribution in [0.5, 0.6) is 0 Å². The Morgan fingerprint density at radius 2 is 1.76 bits per heavy atom. The Hall–Kier alpha value is -1.06. The minimum atomic E-state index is -0.204. The van der Waals surface area contributed by atoms with Gasteiger partial charge in [-0.3, -0.25) is 9.59 Å². The van der Waals surface area contributed by atoms with Gasteiger partial charge in [-0.15, -0.1) is 0 Å². The van der Waals surface area contributed by atoms with Crippen LogP contribution in [0.4, 0.5) is 0 Å². The highest BCUT2D eigenvalue weighted by atomic mass is 16.2. The Labute approximate surface area is 129 Å². The number of unbranched alkanes of at least 4 members (excludes halogenated alkanes) is 2. The molecule has 0 heterocycles. The fourth-order valence-corrected chi connectivity index (χ4v) is 2.55. The molecular weight excluding hydrogens is 264 g/mol. The minimum Gasteiger partial charge on any atom is -0.351 e. The van der Waals surface area contributed by atoms with E-state index in [1.807, 2.05) is 25.7 Å². The number of carbonyl (C=O) groups excluding carboxylic acids is 2. The molecule has 0 aromatic heterocycles. The van der Waals surface area contributed by atoms with E-state index in [0.717, 1.165) is 38.6 Å².